The topological polar surface area (TPSA) is 17.1 Å². The summed E-state index contributed by atoms with van der Waals surface area (Å²) in [7, 11) is 0. The molecule has 0 saturated heterocycles. The predicted octanol–water partition coefficient (Wildman–Crippen LogP) is 2.58. The summed E-state index contributed by atoms with van der Waals surface area (Å²) >= 11 is 5.10. The van der Waals surface area contributed by atoms with Crippen LogP contribution in [-0.4, -0.2) is 5.24 Å². The van der Waals surface area contributed by atoms with Gasteiger partial charge in [-0.3, -0.25) is 4.79 Å². The zero-order valence-electron chi connectivity index (χ0n) is 6.83. The Morgan fingerprint density at radius 1 is 1.36 bits per heavy atom. The molecule has 1 aromatic rings. The fraction of sp³-hybridized carbons (Fsp3) is 0. The molecular formula is C9H8ClO+. The molecule has 0 fully saturated rings. The first kappa shape index (κ1) is 8.02. The first-order chi connectivity index (χ1) is 5.29. The van der Waals surface area contributed by atoms with Gasteiger partial charge in [0.05, 0.1) is 0 Å². The van der Waals surface area contributed by atoms with E-state index in [4.69, 9.17) is 11.6 Å². The van der Waals surface area contributed by atoms with E-state index < -0.39 is 5.24 Å². The number of allylic oxidation sites excluding steroid dienone is 1. The smallest absolute Gasteiger partial charge is 0.276 e. The average molecular weight is 168 g/mol. The van der Waals surface area contributed by atoms with E-state index in [1.807, 2.05) is 30.3 Å². The number of halogens is 1. The van der Waals surface area contributed by atoms with E-state index >= 15 is 0 Å². The van der Waals surface area contributed by atoms with Crippen LogP contribution in [0.4, 0.5) is 0 Å². The highest BCUT2D eigenvalue weighted by Crippen LogP contribution is 2.01. The fourth-order valence-corrected chi connectivity index (χ4v) is 0.789. The molecule has 1 nitrogen and oxygen atoms in total. The third-order valence-electron chi connectivity index (χ3n) is 1.21. The number of hydrogen-bond donors (Lipinski definition) is 0. The quantitative estimate of drug-likeness (QED) is 0.489. The zero-order valence-corrected chi connectivity index (χ0v) is 6.58. The Morgan fingerprint density at radius 3 is 2.55 bits per heavy atom. The maximum absolute atomic E-state index is 10.3. The summed E-state index contributed by atoms with van der Waals surface area (Å²) in [5.41, 5.74) is 0.974. The molecule has 1 rings (SSSR count). The molecule has 0 saturated carbocycles. The van der Waals surface area contributed by atoms with Gasteiger partial charge < -0.3 is 0 Å². The molecule has 56 valence electrons. The van der Waals surface area contributed by atoms with Crippen LogP contribution in [0.3, 0.4) is 0 Å². The van der Waals surface area contributed by atoms with Gasteiger partial charge in [-0.1, -0.05) is 36.4 Å². The molecule has 0 heterocycles. The van der Waals surface area contributed by atoms with Crippen molar-refractivity contribution in [2.24, 2.45) is 0 Å². The van der Waals surface area contributed by atoms with Crippen LogP contribution >= 0.6 is 11.6 Å². The van der Waals surface area contributed by atoms with Gasteiger partial charge in [0.2, 0.25) is 5.24 Å². The summed E-state index contributed by atoms with van der Waals surface area (Å²) in [6.07, 6.45) is 3.01. The van der Waals surface area contributed by atoms with Crippen LogP contribution in [0.2, 0.25) is 0 Å². The molecule has 1 aromatic carbocycles. The van der Waals surface area contributed by atoms with Gasteiger partial charge in [-0.25, -0.2) is 0 Å². The Bertz CT molecular complexity index is 269. The van der Waals surface area contributed by atoms with Crippen molar-refractivity contribution in [1.82, 2.24) is 0 Å². The molecule has 2 heteroatoms. The van der Waals surface area contributed by atoms with Gasteiger partial charge in [0.15, 0.2) is 0 Å². The van der Waals surface area contributed by atoms with Crippen LogP contribution in [0.1, 0.15) is 6.99 Å². The monoisotopic (exact) mass is 167 g/mol. The van der Waals surface area contributed by atoms with Crippen LogP contribution in [0.5, 0.6) is 0 Å². The van der Waals surface area contributed by atoms with Gasteiger partial charge >= 0.3 is 1.43 Å². The van der Waals surface area contributed by atoms with Crippen LogP contribution in [0, 0.1) is 0 Å². The lowest BCUT2D eigenvalue weighted by Gasteiger charge is -1.87. The lowest BCUT2D eigenvalue weighted by molar-refractivity contribution is -0.107. The Kier molecular flexibility index (Phi) is 2.87. The van der Waals surface area contributed by atoms with Crippen molar-refractivity contribution in [3.8, 4) is 0 Å². The second kappa shape index (κ2) is 3.94. The molecule has 0 amide bonds. The van der Waals surface area contributed by atoms with Gasteiger partial charge in [0.1, 0.15) is 0 Å². The summed E-state index contributed by atoms with van der Waals surface area (Å²) < 4.78 is 0. The summed E-state index contributed by atoms with van der Waals surface area (Å²) in [5, 5.41) is -0.450. The largest absolute Gasteiger partial charge is 1.00 e. The molecule has 0 aliphatic heterocycles. The SMILES string of the molecule is O=C(Cl)/C=C/c1ccccc1.[H+]. The summed E-state index contributed by atoms with van der Waals surface area (Å²) in [6.45, 7) is 0. The summed E-state index contributed by atoms with van der Waals surface area (Å²) in [5.74, 6) is 0. The highest BCUT2D eigenvalue weighted by Gasteiger charge is 1.85. The minimum Gasteiger partial charge on any atom is -0.276 e. The standard InChI is InChI=1S/C9H7ClO/c10-9(11)7-6-8-4-2-1-3-5-8/h1-7H/p+1/b7-6+. The van der Waals surface area contributed by atoms with Crippen LogP contribution in [0.25, 0.3) is 6.08 Å². The molecule has 0 aliphatic carbocycles. The fourth-order valence-electron chi connectivity index (χ4n) is 0.726. The van der Waals surface area contributed by atoms with Gasteiger partial charge in [-0.05, 0) is 23.2 Å². The van der Waals surface area contributed by atoms with E-state index in [1.54, 1.807) is 6.08 Å². The van der Waals surface area contributed by atoms with Crippen molar-refractivity contribution in [2.75, 3.05) is 0 Å². The van der Waals surface area contributed by atoms with Crippen molar-refractivity contribution >= 4 is 22.9 Å². The molecule has 0 bridgehead atoms. The third kappa shape index (κ3) is 3.01. The minimum atomic E-state index is -0.450. The second-order valence-electron chi connectivity index (χ2n) is 2.05. The number of carbonyl (C=O) groups excluding carboxylic acids is 1. The van der Waals surface area contributed by atoms with Crippen molar-refractivity contribution in [2.45, 2.75) is 0 Å². The first-order valence-corrected chi connectivity index (χ1v) is 3.59. The molecule has 0 atom stereocenters. The van der Waals surface area contributed by atoms with Gasteiger partial charge in [-0.15, -0.1) is 0 Å². The first-order valence-electron chi connectivity index (χ1n) is 3.21. The van der Waals surface area contributed by atoms with Crippen molar-refractivity contribution in [3.63, 3.8) is 0 Å². The van der Waals surface area contributed by atoms with E-state index in [0.717, 1.165) is 5.56 Å². The Balaban J connectivity index is 0.00000121. The number of rotatable bonds is 2. The zero-order chi connectivity index (χ0) is 8.10. The number of hydrogen-bond acceptors (Lipinski definition) is 1. The van der Waals surface area contributed by atoms with Crippen LogP contribution in [0.15, 0.2) is 36.4 Å². The summed E-state index contributed by atoms with van der Waals surface area (Å²) in [4.78, 5) is 10.3. The van der Waals surface area contributed by atoms with Crippen LogP contribution < -0.4 is 0 Å². The molecule has 0 radical (unpaired) electrons. The molecule has 0 unspecified atom stereocenters. The van der Waals surface area contributed by atoms with E-state index in [9.17, 15) is 4.79 Å². The molecule has 11 heavy (non-hydrogen) atoms. The van der Waals surface area contributed by atoms with E-state index in [1.165, 1.54) is 6.08 Å². The minimum absolute atomic E-state index is 0. The Morgan fingerprint density at radius 2 is 2.00 bits per heavy atom. The van der Waals surface area contributed by atoms with Crippen molar-refractivity contribution in [1.29, 1.82) is 0 Å². The van der Waals surface area contributed by atoms with E-state index in [-0.39, 0.29) is 1.43 Å². The van der Waals surface area contributed by atoms with Crippen LogP contribution in [-0.2, 0) is 4.79 Å². The highest BCUT2D eigenvalue weighted by atomic mass is 35.5. The van der Waals surface area contributed by atoms with E-state index in [2.05, 4.69) is 0 Å². The molecule has 0 aromatic heterocycles. The molecule has 0 spiro atoms. The normalized spacial score (nSPS) is 10.3. The average Bonchev–Trinajstić information content (AvgIpc) is 2.03. The summed E-state index contributed by atoms with van der Waals surface area (Å²) in [6, 6.07) is 9.52. The van der Waals surface area contributed by atoms with E-state index in [0.29, 0.717) is 0 Å². The molecular weight excluding hydrogens is 160 g/mol. The molecule has 0 aliphatic rings. The van der Waals surface area contributed by atoms with Crippen molar-refractivity contribution < 1.29 is 6.22 Å². The van der Waals surface area contributed by atoms with Gasteiger partial charge in [0.25, 0.3) is 0 Å². The molecule has 0 N–H and O–H groups in total. The predicted molar refractivity (Wildman–Crippen MR) is 47.4 cm³/mol. The third-order valence-corrected chi connectivity index (χ3v) is 1.33. The lowest BCUT2D eigenvalue weighted by atomic mass is 10.2. The number of benzene rings is 1. The van der Waals surface area contributed by atoms with Crippen molar-refractivity contribution in [3.05, 3.63) is 42.0 Å². The Labute approximate surface area is 71.8 Å². The maximum atomic E-state index is 10.3. The maximum Gasteiger partial charge on any atom is 1.00 e. The lowest BCUT2D eigenvalue weighted by Crippen LogP contribution is -1.75. The number of carbonyl (C=O) groups is 1. The Hall–Kier alpha value is -1.08. The van der Waals surface area contributed by atoms with Gasteiger partial charge in [-0.2, -0.15) is 0 Å². The second-order valence-corrected chi connectivity index (χ2v) is 2.42. The highest BCUT2D eigenvalue weighted by molar-refractivity contribution is 6.66. The van der Waals surface area contributed by atoms with Gasteiger partial charge in [0, 0.05) is 0 Å².